The first kappa shape index (κ1) is 12.3. The smallest absolute Gasteiger partial charge is 0.327 e. The number of ether oxygens (including phenoxy) is 3. The lowest BCUT2D eigenvalue weighted by atomic mass is 10.1. The fraction of sp³-hybridized carbons (Fsp3) is 0.364. The molecule has 0 amide bonds. The van der Waals surface area contributed by atoms with E-state index >= 15 is 0 Å². The van der Waals surface area contributed by atoms with Gasteiger partial charge in [0.25, 0.3) is 0 Å². The van der Waals surface area contributed by atoms with Gasteiger partial charge in [-0.2, -0.15) is 0 Å². The van der Waals surface area contributed by atoms with E-state index in [-0.39, 0.29) is 0 Å². The van der Waals surface area contributed by atoms with Crippen LogP contribution in [0.2, 0.25) is 0 Å². The van der Waals surface area contributed by atoms with E-state index in [2.05, 4.69) is 4.74 Å². The van der Waals surface area contributed by atoms with Crippen molar-refractivity contribution in [3.8, 4) is 11.5 Å². The van der Waals surface area contributed by atoms with Crippen LogP contribution in [0.4, 0.5) is 0 Å². The molecule has 5 heteroatoms. The molecule has 1 aromatic carbocycles. The minimum absolute atomic E-state index is 0.486. The van der Waals surface area contributed by atoms with Gasteiger partial charge in [-0.05, 0) is 12.1 Å². The minimum atomic E-state index is -0.920. The minimum Gasteiger partial charge on any atom is -0.496 e. The van der Waals surface area contributed by atoms with E-state index in [9.17, 15) is 4.79 Å². The van der Waals surface area contributed by atoms with E-state index in [1.807, 2.05) is 0 Å². The van der Waals surface area contributed by atoms with Crippen molar-refractivity contribution in [1.29, 1.82) is 0 Å². The van der Waals surface area contributed by atoms with E-state index in [0.29, 0.717) is 17.1 Å². The van der Waals surface area contributed by atoms with Crippen molar-refractivity contribution < 1.29 is 19.0 Å². The summed E-state index contributed by atoms with van der Waals surface area (Å²) in [5.74, 6) is 0.456. The normalized spacial score (nSPS) is 11.8. The maximum absolute atomic E-state index is 11.4. The zero-order valence-electron chi connectivity index (χ0n) is 9.52. The van der Waals surface area contributed by atoms with Crippen LogP contribution in [0, 0.1) is 0 Å². The molecule has 0 fully saturated rings. The number of methoxy groups -OCH3 is 3. The lowest BCUT2D eigenvalue weighted by molar-refractivity contribution is -0.142. The molecule has 0 saturated heterocycles. The maximum atomic E-state index is 11.4. The first-order valence-electron chi connectivity index (χ1n) is 4.70. The summed E-state index contributed by atoms with van der Waals surface area (Å²) >= 11 is 0. The van der Waals surface area contributed by atoms with Gasteiger partial charge in [0.1, 0.15) is 17.5 Å². The van der Waals surface area contributed by atoms with Gasteiger partial charge in [-0.15, -0.1) is 0 Å². The molecule has 0 spiro atoms. The molecule has 1 rings (SSSR count). The van der Waals surface area contributed by atoms with Gasteiger partial charge in [0.05, 0.1) is 26.9 Å². The summed E-state index contributed by atoms with van der Waals surface area (Å²) in [6.07, 6.45) is 0. The summed E-state index contributed by atoms with van der Waals surface area (Å²) in [5, 5.41) is 0. The molecule has 0 aliphatic carbocycles. The molecule has 0 aliphatic heterocycles. The second kappa shape index (κ2) is 5.37. The quantitative estimate of drug-likeness (QED) is 0.770. The molecule has 0 radical (unpaired) electrons. The first-order chi connectivity index (χ1) is 7.65. The summed E-state index contributed by atoms with van der Waals surface area (Å²) in [7, 11) is 4.29. The van der Waals surface area contributed by atoms with Gasteiger partial charge in [0.15, 0.2) is 0 Å². The van der Waals surface area contributed by atoms with Gasteiger partial charge < -0.3 is 19.9 Å². The lowest BCUT2D eigenvalue weighted by Gasteiger charge is -2.16. The molecule has 5 nitrogen and oxygen atoms in total. The number of hydrogen-bond donors (Lipinski definition) is 1. The summed E-state index contributed by atoms with van der Waals surface area (Å²) < 4.78 is 14.9. The SMILES string of the molecule is COC(=O)C(N)c1c(OC)cccc1OC. The number of nitrogens with two attached hydrogens (primary N) is 1. The van der Waals surface area contributed by atoms with Gasteiger partial charge in [0, 0.05) is 0 Å². The van der Waals surface area contributed by atoms with Crippen molar-refractivity contribution in [3.05, 3.63) is 23.8 Å². The van der Waals surface area contributed by atoms with Crippen LogP contribution in [0.3, 0.4) is 0 Å². The first-order valence-corrected chi connectivity index (χ1v) is 4.70. The molecule has 1 aromatic rings. The van der Waals surface area contributed by atoms with Crippen LogP contribution in [0.5, 0.6) is 11.5 Å². The van der Waals surface area contributed by atoms with Gasteiger partial charge in [-0.3, -0.25) is 0 Å². The molecule has 88 valence electrons. The molecule has 1 atom stereocenters. The summed E-state index contributed by atoms with van der Waals surface area (Å²) in [4.78, 5) is 11.4. The van der Waals surface area contributed by atoms with E-state index in [1.54, 1.807) is 18.2 Å². The Hall–Kier alpha value is -1.75. The van der Waals surface area contributed by atoms with Gasteiger partial charge in [-0.25, -0.2) is 4.79 Å². The Morgan fingerprint density at radius 3 is 2.06 bits per heavy atom. The van der Waals surface area contributed by atoms with Crippen LogP contribution >= 0.6 is 0 Å². The Labute approximate surface area is 94.1 Å². The van der Waals surface area contributed by atoms with Crippen molar-refractivity contribution >= 4 is 5.97 Å². The molecule has 0 bridgehead atoms. The number of hydrogen-bond acceptors (Lipinski definition) is 5. The Bertz CT molecular complexity index is 356. The predicted molar refractivity (Wildman–Crippen MR) is 58.5 cm³/mol. The van der Waals surface area contributed by atoms with Crippen LogP contribution in [0.1, 0.15) is 11.6 Å². The molecule has 0 aromatic heterocycles. The van der Waals surface area contributed by atoms with Crippen LogP contribution in [0.15, 0.2) is 18.2 Å². The third kappa shape index (κ3) is 2.25. The molecule has 0 heterocycles. The number of carbonyl (C=O) groups excluding carboxylic acids is 1. The van der Waals surface area contributed by atoms with Gasteiger partial charge >= 0.3 is 5.97 Å². The van der Waals surface area contributed by atoms with Gasteiger partial charge in [-0.1, -0.05) is 6.07 Å². The predicted octanol–water partition coefficient (Wildman–Crippen LogP) is 0.877. The highest BCUT2D eigenvalue weighted by molar-refractivity contribution is 5.79. The standard InChI is InChI=1S/C11H15NO4/c1-14-7-5-4-6-8(15-2)9(7)10(12)11(13)16-3/h4-6,10H,12H2,1-3H3. The molecular formula is C11H15NO4. The second-order valence-corrected chi connectivity index (χ2v) is 3.08. The monoisotopic (exact) mass is 225 g/mol. The Balaban J connectivity index is 3.22. The number of rotatable bonds is 4. The fourth-order valence-corrected chi connectivity index (χ4v) is 1.43. The second-order valence-electron chi connectivity index (χ2n) is 3.08. The number of carbonyl (C=O) groups is 1. The fourth-order valence-electron chi connectivity index (χ4n) is 1.43. The van der Waals surface area contributed by atoms with Crippen molar-refractivity contribution in [2.45, 2.75) is 6.04 Å². The summed E-state index contributed by atoms with van der Waals surface area (Å²) in [6, 6.07) is 4.25. The Kier molecular flexibility index (Phi) is 4.13. The van der Waals surface area contributed by atoms with Crippen LogP contribution in [0.25, 0.3) is 0 Å². The summed E-state index contributed by atoms with van der Waals surface area (Å²) in [6.45, 7) is 0. The summed E-state index contributed by atoms with van der Waals surface area (Å²) in [5.41, 5.74) is 6.25. The van der Waals surface area contributed by atoms with Crippen molar-refractivity contribution in [2.24, 2.45) is 5.73 Å². The van der Waals surface area contributed by atoms with Crippen molar-refractivity contribution in [2.75, 3.05) is 21.3 Å². The van der Waals surface area contributed by atoms with Crippen LogP contribution in [-0.2, 0) is 9.53 Å². The van der Waals surface area contributed by atoms with Crippen molar-refractivity contribution in [1.82, 2.24) is 0 Å². The van der Waals surface area contributed by atoms with E-state index in [4.69, 9.17) is 15.2 Å². The van der Waals surface area contributed by atoms with Crippen molar-refractivity contribution in [3.63, 3.8) is 0 Å². The Morgan fingerprint density at radius 2 is 1.69 bits per heavy atom. The third-order valence-corrected chi connectivity index (χ3v) is 2.23. The highest BCUT2D eigenvalue weighted by Crippen LogP contribution is 2.33. The average molecular weight is 225 g/mol. The molecular weight excluding hydrogens is 210 g/mol. The topological polar surface area (TPSA) is 70.8 Å². The zero-order valence-corrected chi connectivity index (χ0v) is 9.52. The molecule has 16 heavy (non-hydrogen) atoms. The van der Waals surface area contributed by atoms with E-state index in [0.717, 1.165) is 0 Å². The number of esters is 1. The average Bonchev–Trinajstić information content (AvgIpc) is 2.35. The van der Waals surface area contributed by atoms with E-state index in [1.165, 1.54) is 21.3 Å². The highest BCUT2D eigenvalue weighted by Gasteiger charge is 2.24. The molecule has 0 saturated carbocycles. The van der Waals surface area contributed by atoms with Crippen LogP contribution in [-0.4, -0.2) is 27.3 Å². The van der Waals surface area contributed by atoms with E-state index < -0.39 is 12.0 Å². The Morgan fingerprint density at radius 1 is 1.19 bits per heavy atom. The highest BCUT2D eigenvalue weighted by atomic mass is 16.5. The third-order valence-electron chi connectivity index (χ3n) is 2.23. The van der Waals surface area contributed by atoms with Gasteiger partial charge in [0.2, 0.25) is 0 Å². The number of benzene rings is 1. The maximum Gasteiger partial charge on any atom is 0.327 e. The van der Waals surface area contributed by atoms with Crippen LogP contribution < -0.4 is 15.2 Å². The lowest BCUT2D eigenvalue weighted by Crippen LogP contribution is -2.23. The molecule has 0 aliphatic rings. The molecule has 1 unspecified atom stereocenters. The largest absolute Gasteiger partial charge is 0.496 e. The zero-order chi connectivity index (χ0) is 12.1. The molecule has 2 N–H and O–H groups in total.